The van der Waals surface area contributed by atoms with Crippen LogP contribution in [-0.2, 0) is 22.4 Å². The minimum absolute atomic E-state index is 0.225. The third-order valence-electron chi connectivity index (χ3n) is 8.87. The van der Waals surface area contributed by atoms with Gasteiger partial charge < -0.3 is 20.1 Å². The molecule has 0 saturated carbocycles. The van der Waals surface area contributed by atoms with E-state index in [9.17, 15) is 42.5 Å². The number of hydrogen-bond donors (Lipinski definition) is 3. The molecule has 1 aliphatic rings. The largest absolute Gasteiger partial charge is 0.435 e. The highest BCUT2D eigenvalue weighted by atomic mass is 35.5. The average Bonchev–Trinajstić information content (AvgIpc) is 3.94. The number of rotatable bonds is 7. The molecule has 23 heteroatoms. The second-order valence-corrected chi connectivity index (χ2v) is 13.4. The van der Waals surface area contributed by atoms with Gasteiger partial charge in [0.1, 0.15) is 12.2 Å². The van der Waals surface area contributed by atoms with Crippen LogP contribution < -0.4 is 0 Å². The van der Waals surface area contributed by atoms with Crippen LogP contribution in [0.2, 0.25) is 15.1 Å². The third kappa shape index (κ3) is 6.15. The van der Waals surface area contributed by atoms with Crippen LogP contribution in [0.25, 0.3) is 27.9 Å². The maximum absolute atomic E-state index is 15.3. The van der Waals surface area contributed by atoms with Crippen LogP contribution in [0.15, 0.2) is 61.3 Å². The van der Waals surface area contributed by atoms with E-state index < -0.39 is 110 Å². The fraction of sp³-hybridized carbons (Fsp3) is 0.212. The zero-order chi connectivity index (χ0) is 40.5. The van der Waals surface area contributed by atoms with E-state index in [0.29, 0.717) is 20.2 Å². The van der Waals surface area contributed by atoms with Crippen LogP contribution >= 0.6 is 34.8 Å². The van der Waals surface area contributed by atoms with Crippen molar-refractivity contribution < 1.29 is 50.8 Å². The zero-order valence-electron chi connectivity index (χ0n) is 27.4. The Labute approximate surface area is 323 Å². The van der Waals surface area contributed by atoms with Gasteiger partial charge in [0.15, 0.2) is 34.8 Å². The summed E-state index contributed by atoms with van der Waals surface area (Å²) >= 11 is 17.5. The number of aliphatic hydroxyl groups excluding tert-OH is 2. The number of nitriles is 1. The molecule has 0 amide bonds. The SMILES string of the molecule is N#Cc1nc(C2(n3cc(-c4ccc(Cl)c(F)c4F)cn3)O[C@@H](CO)[C@@H](O)C[C@@]2(O)n2cc(-c3ccc(Cl)c(F)c3F)cn2)n(-c2cc(Cl)cnc2C(F)(F)F)n1. The first-order valence-electron chi connectivity index (χ1n) is 15.6. The molecule has 5 heterocycles. The minimum Gasteiger partial charge on any atom is -0.394 e. The van der Waals surface area contributed by atoms with Gasteiger partial charge in [-0.05, 0) is 30.3 Å². The van der Waals surface area contributed by atoms with E-state index in [-0.39, 0.29) is 16.1 Å². The summed E-state index contributed by atoms with van der Waals surface area (Å²) in [4.78, 5) is 7.49. The fourth-order valence-electron chi connectivity index (χ4n) is 6.28. The van der Waals surface area contributed by atoms with Crippen molar-refractivity contribution in [3.8, 4) is 34.0 Å². The summed E-state index contributed by atoms with van der Waals surface area (Å²) in [6.45, 7) is -1.03. The van der Waals surface area contributed by atoms with Crippen LogP contribution in [0.5, 0.6) is 0 Å². The van der Waals surface area contributed by atoms with Crippen molar-refractivity contribution in [3.63, 3.8) is 0 Å². The molecule has 13 nitrogen and oxygen atoms in total. The predicted molar refractivity (Wildman–Crippen MR) is 179 cm³/mol. The second kappa shape index (κ2) is 14.1. The Balaban J connectivity index is 1.58. The quantitative estimate of drug-likeness (QED) is 0.128. The topological polar surface area (TPSA) is 173 Å². The number of alkyl halides is 3. The van der Waals surface area contributed by atoms with Gasteiger partial charge in [0.05, 0.1) is 45.9 Å². The summed E-state index contributed by atoms with van der Waals surface area (Å²) in [6.07, 6.45) is -5.39. The van der Waals surface area contributed by atoms with E-state index in [2.05, 4.69) is 25.3 Å². The normalized spacial score (nSPS) is 21.4. The van der Waals surface area contributed by atoms with Crippen molar-refractivity contribution in [2.45, 2.75) is 36.3 Å². The second-order valence-electron chi connectivity index (χ2n) is 12.2. The Bertz CT molecular complexity index is 2560. The van der Waals surface area contributed by atoms with Crippen molar-refractivity contribution in [2.24, 2.45) is 0 Å². The number of ether oxygens (including phenoxy) is 1. The summed E-state index contributed by atoms with van der Waals surface area (Å²) in [7, 11) is 0. The molecular weight excluding hydrogens is 826 g/mol. The van der Waals surface area contributed by atoms with Crippen LogP contribution in [0.1, 0.15) is 23.8 Å². The summed E-state index contributed by atoms with van der Waals surface area (Å²) in [6, 6.07) is 6.50. The molecular formula is C33H19Cl3F7N9O4. The Morgan fingerprint density at radius 2 is 1.46 bits per heavy atom. The van der Waals surface area contributed by atoms with Gasteiger partial charge in [-0.2, -0.15) is 33.6 Å². The Morgan fingerprint density at radius 3 is 2.02 bits per heavy atom. The van der Waals surface area contributed by atoms with E-state index in [1.807, 2.05) is 0 Å². The lowest BCUT2D eigenvalue weighted by molar-refractivity contribution is -0.338. The Kier molecular flexibility index (Phi) is 9.85. The lowest BCUT2D eigenvalue weighted by atomic mass is 9.86. The number of nitrogens with zero attached hydrogens (tertiary/aromatic N) is 9. The van der Waals surface area contributed by atoms with Crippen molar-refractivity contribution in [2.75, 3.05) is 6.61 Å². The van der Waals surface area contributed by atoms with Gasteiger partial charge in [-0.15, -0.1) is 5.10 Å². The summed E-state index contributed by atoms with van der Waals surface area (Å²) in [5.41, 5.74) is -10.1. The molecule has 1 saturated heterocycles. The molecule has 4 atom stereocenters. The van der Waals surface area contributed by atoms with Crippen LogP contribution in [-0.4, -0.2) is 73.4 Å². The number of pyridine rings is 1. The third-order valence-corrected chi connectivity index (χ3v) is 9.66. The standard InChI is InChI=1S/C33H19Cl3F7N9O4/c34-16-5-21(29(45-10-16)33(41,42)43)52-30(48-24(7-44)49-52)32(51-12-15(9-47-51)18-2-4-20(36)28(40)26(18)38)31(55,6-22(54)23(13-53)56-32)50-11-14(8-46-50)17-1-3-19(35)27(39)25(17)37/h1-5,8-12,22-23,53-55H,6,13H2/t22-,23-,31-,32?/m0/s1. The molecule has 6 aromatic rings. The molecule has 0 radical (unpaired) electrons. The highest BCUT2D eigenvalue weighted by Crippen LogP contribution is 2.50. The Morgan fingerprint density at radius 1 is 0.893 bits per heavy atom. The van der Waals surface area contributed by atoms with Gasteiger partial charge in [-0.3, -0.25) is 0 Å². The van der Waals surface area contributed by atoms with Gasteiger partial charge >= 0.3 is 6.18 Å². The summed E-state index contributed by atoms with van der Waals surface area (Å²) in [5, 5.41) is 55.2. The number of halogens is 10. The molecule has 290 valence electrons. The van der Waals surface area contributed by atoms with Crippen LogP contribution in [0.4, 0.5) is 30.7 Å². The lowest BCUT2D eigenvalue weighted by Gasteiger charge is -2.51. The Hall–Kier alpha value is -5.14. The van der Waals surface area contributed by atoms with E-state index >= 15 is 8.78 Å². The van der Waals surface area contributed by atoms with Crippen molar-refractivity contribution in [1.29, 1.82) is 5.26 Å². The molecule has 0 bridgehead atoms. The molecule has 3 N–H and O–H groups in total. The first kappa shape index (κ1) is 39.1. The fourth-order valence-corrected chi connectivity index (χ4v) is 6.73. The molecule has 1 fully saturated rings. The lowest BCUT2D eigenvalue weighted by Crippen LogP contribution is -2.68. The van der Waals surface area contributed by atoms with E-state index in [4.69, 9.17) is 39.5 Å². The van der Waals surface area contributed by atoms with Gasteiger partial charge in [0.25, 0.3) is 11.5 Å². The average molecular weight is 845 g/mol. The zero-order valence-corrected chi connectivity index (χ0v) is 29.7. The number of benzene rings is 2. The number of hydrogen-bond acceptors (Lipinski definition) is 10. The van der Waals surface area contributed by atoms with Gasteiger partial charge in [-0.25, -0.2) is 36.6 Å². The molecule has 56 heavy (non-hydrogen) atoms. The van der Waals surface area contributed by atoms with Crippen LogP contribution in [0.3, 0.4) is 0 Å². The predicted octanol–water partition coefficient (Wildman–Crippen LogP) is 5.98. The molecule has 7 rings (SSSR count). The van der Waals surface area contributed by atoms with Crippen molar-refractivity contribution >= 4 is 34.8 Å². The summed E-state index contributed by atoms with van der Waals surface area (Å²) < 4.78 is 111. The molecule has 1 unspecified atom stereocenters. The molecule has 0 spiro atoms. The van der Waals surface area contributed by atoms with Crippen molar-refractivity contribution in [3.05, 3.63) is 117 Å². The first-order valence-corrected chi connectivity index (χ1v) is 16.8. The minimum atomic E-state index is -5.22. The molecule has 2 aromatic carbocycles. The van der Waals surface area contributed by atoms with E-state index in [1.165, 1.54) is 0 Å². The highest BCUT2D eigenvalue weighted by Gasteiger charge is 2.66. The smallest absolute Gasteiger partial charge is 0.394 e. The highest BCUT2D eigenvalue weighted by molar-refractivity contribution is 6.31. The maximum Gasteiger partial charge on any atom is 0.435 e. The monoisotopic (exact) mass is 843 g/mol. The van der Waals surface area contributed by atoms with Crippen molar-refractivity contribution in [1.82, 2.24) is 39.3 Å². The van der Waals surface area contributed by atoms with E-state index in [0.717, 1.165) is 55.1 Å². The van der Waals surface area contributed by atoms with Gasteiger partial charge in [0.2, 0.25) is 5.72 Å². The maximum atomic E-state index is 15.3. The molecule has 4 aromatic heterocycles. The first-order chi connectivity index (χ1) is 26.4. The number of aliphatic hydroxyl groups is 3. The van der Waals surface area contributed by atoms with Gasteiger partial charge in [0, 0.05) is 47.3 Å². The number of aromatic nitrogens is 8. The van der Waals surface area contributed by atoms with E-state index in [1.54, 1.807) is 6.07 Å². The molecule has 0 aliphatic carbocycles. The van der Waals surface area contributed by atoms with Gasteiger partial charge in [-0.1, -0.05) is 34.8 Å². The summed E-state index contributed by atoms with van der Waals surface area (Å²) in [5.74, 6) is -7.57. The molecule has 1 aliphatic heterocycles. The van der Waals surface area contributed by atoms with Crippen LogP contribution in [0, 0.1) is 34.6 Å².